The van der Waals surface area contributed by atoms with E-state index in [1.807, 2.05) is 13.0 Å². The third-order valence-corrected chi connectivity index (χ3v) is 3.20. The number of anilines is 1. The van der Waals surface area contributed by atoms with Gasteiger partial charge in [0.25, 0.3) is 0 Å². The molecule has 0 saturated heterocycles. The molecule has 0 aliphatic carbocycles. The predicted molar refractivity (Wildman–Crippen MR) is 78.6 cm³/mol. The molecule has 1 atom stereocenters. The Balaban J connectivity index is 2.92. The van der Waals surface area contributed by atoms with Crippen molar-refractivity contribution >= 4 is 5.69 Å². The van der Waals surface area contributed by atoms with Gasteiger partial charge in [-0.15, -0.1) is 0 Å². The van der Waals surface area contributed by atoms with E-state index in [0.29, 0.717) is 5.92 Å². The molecule has 2 N–H and O–H groups in total. The Labute approximate surface area is 111 Å². The Morgan fingerprint density at radius 3 is 2.44 bits per heavy atom. The topological polar surface area (TPSA) is 38.5 Å². The molecule has 0 aliphatic heterocycles. The second-order valence-corrected chi connectivity index (χ2v) is 5.27. The van der Waals surface area contributed by atoms with Crippen LogP contribution in [0.25, 0.3) is 0 Å². The maximum Gasteiger partial charge on any atom is 0.142 e. The Morgan fingerprint density at radius 1 is 1.28 bits per heavy atom. The summed E-state index contributed by atoms with van der Waals surface area (Å²) in [6, 6.07) is 6.62. The first-order valence-electron chi connectivity index (χ1n) is 6.60. The van der Waals surface area contributed by atoms with Gasteiger partial charge < -0.3 is 15.4 Å². The quantitative estimate of drug-likeness (QED) is 0.843. The van der Waals surface area contributed by atoms with Gasteiger partial charge in [0, 0.05) is 19.6 Å². The fourth-order valence-electron chi connectivity index (χ4n) is 1.88. The minimum Gasteiger partial charge on any atom is -0.495 e. The van der Waals surface area contributed by atoms with Crippen molar-refractivity contribution in [2.24, 2.45) is 5.73 Å². The summed E-state index contributed by atoms with van der Waals surface area (Å²) in [6.07, 6.45) is 0.978. The molecule has 0 aliphatic rings. The average molecular weight is 250 g/mol. The van der Waals surface area contributed by atoms with E-state index in [-0.39, 0.29) is 6.04 Å². The molecule has 0 saturated carbocycles. The van der Waals surface area contributed by atoms with Gasteiger partial charge in [-0.25, -0.2) is 0 Å². The van der Waals surface area contributed by atoms with Crippen LogP contribution >= 0.6 is 0 Å². The van der Waals surface area contributed by atoms with Crippen molar-refractivity contribution in [1.29, 1.82) is 0 Å². The summed E-state index contributed by atoms with van der Waals surface area (Å²) in [5, 5.41) is 0. The lowest BCUT2D eigenvalue weighted by molar-refractivity contribution is 0.414. The van der Waals surface area contributed by atoms with Crippen LogP contribution in [0.2, 0.25) is 0 Å². The van der Waals surface area contributed by atoms with Crippen LogP contribution in [0.3, 0.4) is 0 Å². The fraction of sp³-hybridized carbons (Fsp3) is 0.600. The molecule has 0 bridgehead atoms. The largest absolute Gasteiger partial charge is 0.495 e. The van der Waals surface area contributed by atoms with Crippen molar-refractivity contribution in [2.45, 2.75) is 39.2 Å². The molecule has 1 aromatic carbocycles. The second kappa shape index (κ2) is 6.64. The average Bonchev–Trinajstić information content (AvgIpc) is 2.34. The Morgan fingerprint density at radius 2 is 1.94 bits per heavy atom. The summed E-state index contributed by atoms with van der Waals surface area (Å²) >= 11 is 0. The third kappa shape index (κ3) is 3.91. The Hall–Kier alpha value is -1.22. The number of methoxy groups -OCH3 is 1. The van der Waals surface area contributed by atoms with E-state index in [2.05, 4.69) is 37.9 Å². The van der Waals surface area contributed by atoms with Crippen molar-refractivity contribution in [2.75, 3.05) is 25.6 Å². The smallest absolute Gasteiger partial charge is 0.142 e. The summed E-state index contributed by atoms with van der Waals surface area (Å²) in [7, 11) is 3.80. The molecule has 1 unspecified atom stereocenters. The maximum absolute atomic E-state index is 5.81. The minimum atomic E-state index is 0.228. The molecule has 0 amide bonds. The normalized spacial score (nSPS) is 12.6. The highest BCUT2D eigenvalue weighted by molar-refractivity contribution is 5.60. The van der Waals surface area contributed by atoms with Gasteiger partial charge in [0.2, 0.25) is 0 Å². The lowest BCUT2D eigenvalue weighted by atomic mass is 10.0. The van der Waals surface area contributed by atoms with E-state index < -0.39 is 0 Å². The van der Waals surface area contributed by atoms with Gasteiger partial charge in [0.1, 0.15) is 5.75 Å². The zero-order valence-electron chi connectivity index (χ0n) is 12.2. The second-order valence-electron chi connectivity index (χ2n) is 5.27. The van der Waals surface area contributed by atoms with Crippen LogP contribution in [0.4, 0.5) is 5.69 Å². The number of hydrogen-bond donors (Lipinski definition) is 1. The number of benzene rings is 1. The number of nitrogens with two attached hydrogens (primary N) is 1. The summed E-state index contributed by atoms with van der Waals surface area (Å²) in [4.78, 5) is 2.22. The van der Waals surface area contributed by atoms with Crippen LogP contribution in [0, 0.1) is 0 Å². The zero-order valence-corrected chi connectivity index (χ0v) is 12.2. The van der Waals surface area contributed by atoms with Gasteiger partial charge in [0.15, 0.2) is 0 Å². The maximum atomic E-state index is 5.81. The molecule has 0 fully saturated rings. The third-order valence-electron chi connectivity index (χ3n) is 3.20. The molecular formula is C15H26N2O. The Bertz CT molecular complexity index is 375. The van der Waals surface area contributed by atoms with Gasteiger partial charge in [-0.3, -0.25) is 0 Å². The molecular weight excluding hydrogens is 224 g/mol. The Kier molecular flexibility index (Phi) is 5.48. The van der Waals surface area contributed by atoms with Crippen molar-refractivity contribution in [3.05, 3.63) is 23.8 Å². The molecule has 3 heteroatoms. The summed E-state index contributed by atoms with van der Waals surface area (Å²) < 4.78 is 5.44. The van der Waals surface area contributed by atoms with Gasteiger partial charge in [-0.1, -0.05) is 19.9 Å². The summed E-state index contributed by atoms with van der Waals surface area (Å²) in [6.45, 7) is 7.38. The van der Waals surface area contributed by atoms with Crippen LogP contribution in [-0.2, 0) is 0 Å². The van der Waals surface area contributed by atoms with Gasteiger partial charge in [-0.05, 0) is 37.0 Å². The highest BCUT2D eigenvalue weighted by Gasteiger charge is 2.11. The van der Waals surface area contributed by atoms with E-state index >= 15 is 0 Å². The molecule has 0 aromatic heterocycles. The molecule has 0 spiro atoms. The van der Waals surface area contributed by atoms with E-state index in [1.54, 1.807) is 7.11 Å². The minimum absolute atomic E-state index is 0.228. The van der Waals surface area contributed by atoms with Crippen molar-refractivity contribution < 1.29 is 4.74 Å². The first-order chi connectivity index (χ1) is 8.45. The van der Waals surface area contributed by atoms with Gasteiger partial charge in [0.05, 0.1) is 12.8 Å². The van der Waals surface area contributed by atoms with E-state index in [1.165, 1.54) is 5.56 Å². The molecule has 1 rings (SSSR count). The van der Waals surface area contributed by atoms with Crippen molar-refractivity contribution in [3.63, 3.8) is 0 Å². The van der Waals surface area contributed by atoms with E-state index in [9.17, 15) is 0 Å². The van der Waals surface area contributed by atoms with E-state index in [4.69, 9.17) is 10.5 Å². The molecule has 18 heavy (non-hydrogen) atoms. The number of ether oxygens (including phenoxy) is 1. The zero-order chi connectivity index (χ0) is 13.7. The monoisotopic (exact) mass is 250 g/mol. The van der Waals surface area contributed by atoms with Crippen molar-refractivity contribution in [1.82, 2.24) is 0 Å². The molecule has 0 radical (unpaired) electrons. The van der Waals surface area contributed by atoms with Crippen LogP contribution in [0.5, 0.6) is 5.75 Å². The van der Waals surface area contributed by atoms with Crippen LogP contribution in [0.1, 0.15) is 38.7 Å². The first-order valence-corrected chi connectivity index (χ1v) is 6.60. The molecule has 0 heterocycles. The fourth-order valence-corrected chi connectivity index (χ4v) is 1.88. The number of hydrogen-bond acceptors (Lipinski definition) is 3. The lowest BCUT2D eigenvalue weighted by Crippen LogP contribution is -2.26. The lowest BCUT2D eigenvalue weighted by Gasteiger charge is -2.24. The molecule has 3 nitrogen and oxygen atoms in total. The van der Waals surface area contributed by atoms with E-state index in [0.717, 1.165) is 24.4 Å². The van der Waals surface area contributed by atoms with Crippen LogP contribution < -0.4 is 15.4 Å². The SMILES string of the molecule is COc1ccc(C(C)C)cc1N(C)CCC(C)N. The van der Waals surface area contributed by atoms with Gasteiger partial charge >= 0.3 is 0 Å². The summed E-state index contributed by atoms with van der Waals surface area (Å²) in [5.74, 6) is 1.45. The molecule has 102 valence electrons. The highest BCUT2D eigenvalue weighted by Crippen LogP contribution is 2.31. The van der Waals surface area contributed by atoms with Crippen LogP contribution in [0.15, 0.2) is 18.2 Å². The summed E-state index contributed by atoms with van der Waals surface area (Å²) in [5.41, 5.74) is 8.28. The molecule has 1 aromatic rings. The standard InChI is InChI=1S/C15H26N2O/c1-11(2)13-6-7-15(18-5)14(10-13)17(4)9-8-12(3)16/h6-7,10-12H,8-9,16H2,1-5H3. The first kappa shape index (κ1) is 14.8. The van der Waals surface area contributed by atoms with Gasteiger partial charge in [-0.2, -0.15) is 0 Å². The van der Waals surface area contributed by atoms with Crippen LogP contribution in [-0.4, -0.2) is 26.7 Å². The predicted octanol–water partition coefficient (Wildman–Crippen LogP) is 2.99. The van der Waals surface area contributed by atoms with Crippen molar-refractivity contribution in [3.8, 4) is 5.75 Å². The number of nitrogens with zero attached hydrogens (tertiary/aromatic N) is 1. The highest BCUT2D eigenvalue weighted by atomic mass is 16.5. The number of rotatable bonds is 6.